The van der Waals surface area contributed by atoms with Crippen molar-refractivity contribution in [3.05, 3.63) is 17.0 Å². The van der Waals surface area contributed by atoms with Gasteiger partial charge in [-0.15, -0.1) is 0 Å². The average Bonchev–Trinajstić information content (AvgIpc) is 2.59. The zero-order valence-corrected chi connectivity index (χ0v) is 12.1. The van der Waals surface area contributed by atoms with Gasteiger partial charge >= 0.3 is 0 Å². The highest BCUT2D eigenvalue weighted by atomic mass is 16.5. The van der Waals surface area contributed by atoms with Crippen LogP contribution in [0.4, 0.5) is 0 Å². The van der Waals surface area contributed by atoms with Crippen LogP contribution in [-0.4, -0.2) is 29.3 Å². The number of amides is 1. The van der Waals surface area contributed by atoms with Crippen LogP contribution in [-0.2, 0) is 16.0 Å². The fraction of sp³-hybridized carbons (Fsp3) is 0.714. The van der Waals surface area contributed by atoms with Gasteiger partial charge in [-0.05, 0) is 40.5 Å². The number of aryl methyl sites for hydroxylation is 2. The standard InChI is InChI=1S/C14H22N2O3/c1-9-12(10(2)19-16-9)7-13(17)15-11-5-6-18-14(3,4)8-11/h11H,5-8H2,1-4H3,(H,15,17)/t11-/m0/s1. The molecule has 0 bridgehead atoms. The molecule has 0 unspecified atom stereocenters. The molecule has 1 saturated heterocycles. The number of rotatable bonds is 3. The topological polar surface area (TPSA) is 64.4 Å². The summed E-state index contributed by atoms with van der Waals surface area (Å²) in [6.07, 6.45) is 2.05. The van der Waals surface area contributed by atoms with Crippen LogP contribution in [0, 0.1) is 13.8 Å². The van der Waals surface area contributed by atoms with Crippen molar-refractivity contribution in [2.75, 3.05) is 6.61 Å². The smallest absolute Gasteiger partial charge is 0.224 e. The molecule has 106 valence electrons. The summed E-state index contributed by atoms with van der Waals surface area (Å²) in [7, 11) is 0. The quantitative estimate of drug-likeness (QED) is 0.907. The minimum absolute atomic E-state index is 0.0251. The van der Waals surface area contributed by atoms with E-state index >= 15 is 0 Å². The minimum Gasteiger partial charge on any atom is -0.375 e. The van der Waals surface area contributed by atoms with Crippen LogP contribution in [0.15, 0.2) is 4.52 Å². The summed E-state index contributed by atoms with van der Waals surface area (Å²) in [4.78, 5) is 12.1. The Bertz CT molecular complexity index is 446. The molecule has 5 heteroatoms. The molecule has 0 saturated carbocycles. The second-order valence-electron chi connectivity index (χ2n) is 5.84. The molecule has 1 aliphatic rings. The summed E-state index contributed by atoms with van der Waals surface area (Å²) in [5.74, 6) is 0.747. The van der Waals surface area contributed by atoms with Crippen LogP contribution in [0.5, 0.6) is 0 Å². The summed E-state index contributed by atoms with van der Waals surface area (Å²) in [5.41, 5.74) is 1.53. The number of hydrogen-bond acceptors (Lipinski definition) is 4. The third-order valence-electron chi connectivity index (χ3n) is 3.58. The molecule has 0 aromatic carbocycles. The van der Waals surface area contributed by atoms with E-state index in [1.165, 1.54) is 0 Å². The van der Waals surface area contributed by atoms with Gasteiger partial charge < -0.3 is 14.6 Å². The molecule has 1 aromatic rings. The maximum absolute atomic E-state index is 12.1. The zero-order chi connectivity index (χ0) is 14.0. The van der Waals surface area contributed by atoms with Crippen LogP contribution >= 0.6 is 0 Å². The molecule has 1 amide bonds. The Hall–Kier alpha value is -1.36. The lowest BCUT2D eigenvalue weighted by Crippen LogP contribution is -2.46. The second-order valence-corrected chi connectivity index (χ2v) is 5.84. The number of carbonyl (C=O) groups excluding carboxylic acids is 1. The van der Waals surface area contributed by atoms with Gasteiger partial charge in [0.25, 0.3) is 0 Å². The molecule has 1 fully saturated rings. The van der Waals surface area contributed by atoms with Gasteiger partial charge in [0.2, 0.25) is 5.91 Å². The van der Waals surface area contributed by atoms with E-state index in [4.69, 9.17) is 9.26 Å². The lowest BCUT2D eigenvalue weighted by molar-refractivity contribution is -0.123. The Morgan fingerprint density at radius 2 is 2.21 bits per heavy atom. The lowest BCUT2D eigenvalue weighted by atomic mass is 9.94. The van der Waals surface area contributed by atoms with Crippen LogP contribution < -0.4 is 5.32 Å². The largest absolute Gasteiger partial charge is 0.375 e. The van der Waals surface area contributed by atoms with E-state index in [0.717, 1.165) is 29.9 Å². The predicted molar refractivity (Wildman–Crippen MR) is 70.9 cm³/mol. The molecule has 19 heavy (non-hydrogen) atoms. The van der Waals surface area contributed by atoms with Gasteiger partial charge in [0.05, 0.1) is 17.7 Å². The van der Waals surface area contributed by atoms with Crippen molar-refractivity contribution in [1.82, 2.24) is 10.5 Å². The molecular formula is C14H22N2O3. The number of hydrogen-bond donors (Lipinski definition) is 1. The summed E-state index contributed by atoms with van der Waals surface area (Å²) in [5, 5.41) is 6.94. The van der Waals surface area contributed by atoms with Crippen molar-refractivity contribution < 1.29 is 14.1 Å². The summed E-state index contributed by atoms with van der Waals surface area (Å²) in [6.45, 7) is 8.50. The van der Waals surface area contributed by atoms with Gasteiger partial charge in [-0.1, -0.05) is 5.16 Å². The average molecular weight is 266 g/mol. The fourth-order valence-corrected chi connectivity index (χ4v) is 2.55. The number of nitrogens with zero attached hydrogens (tertiary/aromatic N) is 1. The first-order valence-corrected chi connectivity index (χ1v) is 6.72. The third-order valence-corrected chi connectivity index (χ3v) is 3.58. The Balaban J connectivity index is 1.91. The highest BCUT2D eigenvalue weighted by Gasteiger charge is 2.29. The maximum Gasteiger partial charge on any atom is 0.224 e. The number of ether oxygens (including phenoxy) is 1. The highest BCUT2D eigenvalue weighted by Crippen LogP contribution is 2.24. The fourth-order valence-electron chi connectivity index (χ4n) is 2.55. The molecule has 0 radical (unpaired) electrons. The second kappa shape index (κ2) is 5.33. The SMILES string of the molecule is Cc1noc(C)c1CC(=O)N[C@H]1CCOC(C)(C)C1. The summed E-state index contributed by atoms with van der Waals surface area (Å²) >= 11 is 0. The van der Waals surface area contributed by atoms with E-state index in [9.17, 15) is 4.79 Å². The highest BCUT2D eigenvalue weighted by molar-refractivity contribution is 5.79. The molecule has 2 heterocycles. The summed E-state index contributed by atoms with van der Waals surface area (Å²) < 4.78 is 10.7. The van der Waals surface area contributed by atoms with Crippen molar-refractivity contribution in [2.45, 2.75) is 58.6 Å². The van der Waals surface area contributed by atoms with Crippen molar-refractivity contribution in [3.8, 4) is 0 Å². The Labute approximate surface area is 113 Å². The van der Waals surface area contributed by atoms with Gasteiger partial charge in [0, 0.05) is 18.2 Å². The number of aromatic nitrogens is 1. The van der Waals surface area contributed by atoms with Gasteiger partial charge in [-0.2, -0.15) is 0 Å². The number of carbonyl (C=O) groups is 1. The van der Waals surface area contributed by atoms with Crippen LogP contribution in [0.25, 0.3) is 0 Å². The molecule has 5 nitrogen and oxygen atoms in total. The Kier molecular flexibility index (Phi) is 3.94. The first-order valence-electron chi connectivity index (χ1n) is 6.72. The van der Waals surface area contributed by atoms with Crippen molar-refractivity contribution in [3.63, 3.8) is 0 Å². The molecule has 1 N–H and O–H groups in total. The molecule has 1 atom stereocenters. The molecule has 0 spiro atoms. The van der Waals surface area contributed by atoms with Gasteiger partial charge in [0.15, 0.2) is 0 Å². The Morgan fingerprint density at radius 3 is 2.79 bits per heavy atom. The molecule has 2 rings (SSSR count). The van der Waals surface area contributed by atoms with E-state index in [0.29, 0.717) is 13.0 Å². The van der Waals surface area contributed by atoms with E-state index in [1.807, 2.05) is 13.8 Å². The normalized spacial score (nSPS) is 22.2. The van der Waals surface area contributed by atoms with Crippen LogP contribution in [0.3, 0.4) is 0 Å². The van der Waals surface area contributed by atoms with E-state index in [2.05, 4.69) is 24.3 Å². The third kappa shape index (κ3) is 3.56. The monoisotopic (exact) mass is 266 g/mol. The molecular weight excluding hydrogens is 244 g/mol. The van der Waals surface area contributed by atoms with Gasteiger partial charge in [-0.25, -0.2) is 0 Å². The molecule has 0 aliphatic carbocycles. The van der Waals surface area contributed by atoms with Gasteiger partial charge in [-0.3, -0.25) is 4.79 Å². The van der Waals surface area contributed by atoms with Crippen LogP contribution in [0.2, 0.25) is 0 Å². The first-order chi connectivity index (χ1) is 8.87. The minimum atomic E-state index is -0.154. The van der Waals surface area contributed by atoms with Crippen molar-refractivity contribution in [1.29, 1.82) is 0 Å². The number of nitrogens with one attached hydrogen (secondary N) is 1. The first kappa shape index (κ1) is 14.1. The van der Waals surface area contributed by atoms with Crippen LogP contribution in [0.1, 0.15) is 43.7 Å². The molecule has 1 aromatic heterocycles. The van der Waals surface area contributed by atoms with E-state index < -0.39 is 0 Å². The van der Waals surface area contributed by atoms with Gasteiger partial charge in [0.1, 0.15) is 5.76 Å². The summed E-state index contributed by atoms with van der Waals surface area (Å²) in [6, 6.07) is 0.191. The Morgan fingerprint density at radius 1 is 1.47 bits per heavy atom. The van der Waals surface area contributed by atoms with E-state index in [1.54, 1.807) is 0 Å². The lowest BCUT2D eigenvalue weighted by Gasteiger charge is -2.35. The zero-order valence-electron chi connectivity index (χ0n) is 12.1. The maximum atomic E-state index is 12.1. The van der Waals surface area contributed by atoms with E-state index in [-0.39, 0.29) is 17.6 Å². The van der Waals surface area contributed by atoms with Crippen molar-refractivity contribution >= 4 is 5.91 Å². The predicted octanol–water partition coefficient (Wildman–Crippen LogP) is 1.91. The van der Waals surface area contributed by atoms with Crippen molar-refractivity contribution in [2.24, 2.45) is 0 Å². The molecule has 1 aliphatic heterocycles.